The van der Waals surface area contributed by atoms with Crippen molar-refractivity contribution in [2.75, 3.05) is 6.61 Å². The van der Waals surface area contributed by atoms with Gasteiger partial charge < -0.3 is 9.84 Å². The van der Waals surface area contributed by atoms with E-state index < -0.39 is 17.4 Å². The minimum absolute atomic E-state index is 0.0751. The van der Waals surface area contributed by atoms with E-state index in [1.807, 2.05) is 6.92 Å². The lowest BCUT2D eigenvalue weighted by atomic mass is 9.87. The first kappa shape index (κ1) is 16.7. The standard InChI is InChI=1S/C14H24O4/c1-5-8-11(7-3)10-18-13(17)14(4,9-6-2)12(15)16/h6,11H,2,5,7-10H2,1,3-4H3,(H,15,16). The molecule has 1 N–H and O–H groups in total. The second-order valence-electron chi connectivity index (χ2n) is 4.79. The molecule has 0 radical (unpaired) electrons. The molecule has 2 atom stereocenters. The third-order valence-electron chi connectivity index (χ3n) is 3.20. The fraction of sp³-hybridized carbons (Fsp3) is 0.714. The van der Waals surface area contributed by atoms with E-state index in [0.29, 0.717) is 12.5 Å². The molecule has 0 aliphatic rings. The number of aliphatic carboxylic acids is 1. The number of ether oxygens (including phenoxy) is 1. The van der Waals surface area contributed by atoms with Gasteiger partial charge in [-0.25, -0.2) is 0 Å². The highest BCUT2D eigenvalue weighted by Crippen LogP contribution is 2.25. The van der Waals surface area contributed by atoms with Gasteiger partial charge in [0.1, 0.15) is 0 Å². The summed E-state index contributed by atoms with van der Waals surface area (Å²) in [5.74, 6) is -1.54. The number of hydrogen-bond acceptors (Lipinski definition) is 3. The molecular weight excluding hydrogens is 232 g/mol. The van der Waals surface area contributed by atoms with Gasteiger partial charge in [0.05, 0.1) is 6.61 Å². The molecule has 0 aromatic carbocycles. The predicted octanol–water partition coefficient (Wildman–Crippen LogP) is 3.02. The van der Waals surface area contributed by atoms with E-state index in [4.69, 9.17) is 9.84 Å². The highest BCUT2D eigenvalue weighted by molar-refractivity contribution is 5.98. The lowest BCUT2D eigenvalue weighted by Gasteiger charge is -2.23. The van der Waals surface area contributed by atoms with Gasteiger partial charge in [0, 0.05) is 0 Å². The molecule has 0 fully saturated rings. The Hall–Kier alpha value is -1.32. The van der Waals surface area contributed by atoms with Crippen LogP contribution in [-0.2, 0) is 14.3 Å². The van der Waals surface area contributed by atoms with E-state index >= 15 is 0 Å². The van der Waals surface area contributed by atoms with Gasteiger partial charge in [-0.15, -0.1) is 6.58 Å². The van der Waals surface area contributed by atoms with Crippen molar-refractivity contribution in [3.05, 3.63) is 12.7 Å². The van der Waals surface area contributed by atoms with Crippen LogP contribution < -0.4 is 0 Å². The topological polar surface area (TPSA) is 63.6 Å². The quantitative estimate of drug-likeness (QED) is 0.391. The summed E-state index contributed by atoms with van der Waals surface area (Å²) in [5.41, 5.74) is -1.52. The Morgan fingerprint density at radius 2 is 2.06 bits per heavy atom. The number of carbonyl (C=O) groups excluding carboxylic acids is 1. The first-order valence-corrected chi connectivity index (χ1v) is 6.43. The molecular formula is C14H24O4. The summed E-state index contributed by atoms with van der Waals surface area (Å²) in [7, 11) is 0. The van der Waals surface area contributed by atoms with E-state index in [-0.39, 0.29) is 6.42 Å². The fourth-order valence-corrected chi connectivity index (χ4v) is 1.71. The van der Waals surface area contributed by atoms with Crippen molar-refractivity contribution in [3.63, 3.8) is 0 Å². The molecule has 104 valence electrons. The SMILES string of the molecule is C=CCC(C)(C(=O)O)C(=O)OCC(CC)CCC. The second kappa shape index (κ2) is 7.90. The van der Waals surface area contributed by atoms with Crippen molar-refractivity contribution >= 4 is 11.9 Å². The molecule has 4 nitrogen and oxygen atoms in total. The van der Waals surface area contributed by atoms with Gasteiger partial charge >= 0.3 is 11.9 Å². The summed E-state index contributed by atoms with van der Waals surface area (Å²) in [6.07, 6.45) is 4.44. The van der Waals surface area contributed by atoms with E-state index in [0.717, 1.165) is 19.3 Å². The van der Waals surface area contributed by atoms with Crippen molar-refractivity contribution in [1.29, 1.82) is 0 Å². The van der Waals surface area contributed by atoms with Crippen molar-refractivity contribution < 1.29 is 19.4 Å². The largest absolute Gasteiger partial charge is 0.480 e. The lowest BCUT2D eigenvalue weighted by molar-refractivity contribution is -0.168. The first-order valence-electron chi connectivity index (χ1n) is 6.43. The maximum Gasteiger partial charge on any atom is 0.323 e. The molecule has 0 aromatic rings. The Bertz CT molecular complexity index is 298. The number of esters is 1. The molecule has 0 aliphatic heterocycles. The van der Waals surface area contributed by atoms with E-state index in [1.165, 1.54) is 13.0 Å². The highest BCUT2D eigenvalue weighted by Gasteiger charge is 2.42. The predicted molar refractivity (Wildman–Crippen MR) is 70.2 cm³/mol. The number of allylic oxidation sites excluding steroid dienone is 1. The maximum absolute atomic E-state index is 11.9. The number of rotatable bonds is 9. The van der Waals surface area contributed by atoms with Crippen molar-refractivity contribution in [1.82, 2.24) is 0 Å². The van der Waals surface area contributed by atoms with Crippen LogP contribution in [-0.4, -0.2) is 23.7 Å². The molecule has 2 unspecified atom stereocenters. The third kappa shape index (κ3) is 4.51. The van der Waals surface area contributed by atoms with Crippen LogP contribution in [0.1, 0.15) is 46.5 Å². The van der Waals surface area contributed by atoms with Crippen molar-refractivity contribution in [3.8, 4) is 0 Å². The summed E-state index contributed by atoms with van der Waals surface area (Å²) in [6.45, 7) is 9.26. The van der Waals surface area contributed by atoms with Crippen LogP contribution in [0.3, 0.4) is 0 Å². The minimum atomic E-state index is -1.52. The highest BCUT2D eigenvalue weighted by atomic mass is 16.5. The number of carboxylic acids is 1. The summed E-state index contributed by atoms with van der Waals surface area (Å²) in [5, 5.41) is 9.11. The Morgan fingerprint density at radius 1 is 1.44 bits per heavy atom. The summed E-state index contributed by atoms with van der Waals surface area (Å²) in [4.78, 5) is 23.0. The normalized spacial score (nSPS) is 15.5. The van der Waals surface area contributed by atoms with Gasteiger partial charge in [0.15, 0.2) is 5.41 Å². The zero-order valence-electron chi connectivity index (χ0n) is 11.6. The molecule has 0 saturated heterocycles. The molecule has 0 aliphatic carbocycles. The monoisotopic (exact) mass is 256 g/mol. The number of hydrogen-bond donors (Lipinski definition) is 1. The zero-order valence-corrected chi connectivity index (χ0v) is 11.6. The molecule has 0 rings (SSSR count). The van der Waals surface area contributed by atoms with Crippen LogP contribution >= 0.6 is 0 Å². The smallest absolute Gasteiger partial charge is 0.323 e. The molecule has 0 bridgehead atoms. The number of carboxylic acid groups (broad SMARTS) is 1. The third-order valence-corrected chi connectivity index (χ3v) is 3.20. The van der Waals surface area contributed by atoms with Crippen LogP contribution in [0.4, 0.5) is 0 Å². The van der Waals surface area contributed by atoms with Crippen LogP contribution in [0.5, 0.6) is 0 Å². The summed E-state index contributed by atoms with van der Waals surface area (Å²) in [6, 6.07) is 0. The van der Waals surface area contributed by atoms with Crippen molar-refractivity contribution in [2.45, 2.75) is 46.5 Å². The Kier molecular flexibility index (Phi) is 7.32. The van der Waals surface area contributed by atoms with E-state index in [1.54, 1.807) is 0 Å². The van der Waals surface area contributed by atoms with E-state index in [9.17, 15) is 9.59 Å². The molecule has 0 heterocycles. The summed E-state index contributed by atoms with van der Waals surface area (Å²) >= 11 is 0. The minimum Gasteiger partial charge on any atom is -0.480 e. The average molecular weight is 256 g/mol. The molecule has 4 heteroatoms. The molecule has 0 amide bonds. The Balaban J connectivity index is 4.52. The van der Waals surface area contributed by atoms with Gasteiger partial charge in [-0.2, -0.15) is 0 Å². The van der Waals surface area contributed by atoms with Gasteiger partial charge in [0.2, 0.25) is 0 Å². The van der Waals surface area contributed by atoms with Crippen LogP contribution in [0.15, 0.2) is 12.7 Å². The molecule has 18 heavy (non-hydrogen) atoms. The summed E-state index contributed by atoms with van der Waals surface area (Å²) < 4.78 is 5.16. The molecule has 0 aromatic heterocycles. The van der Waals surface area contributed by atoms with Crippen LogP contribution in [0.25, 0.3) is 0 Å². The van der Waals surface area contributed by atoms with Gasteiger partial charge in [-0.1, -0.05) is 32.8 Å². The Labute approximate surface area is 109 Å². The van der Waals surface area contributed by atoms with E-state index in [2.05, 4.69) is 13.5 Å². The number of carbonyl (C=O) groups is 2. The molecule has 0 spiro atoms. The Morgan fingerprint density at radius 3 is 2.44 bits per heavy atom. The van der Waals surface area contributed by atoms with Gasteiger partial charge in [-0.05, 0) is 25.7 Å². The first-order chi connectivity index (χ1) is 8.42. The second-order valence-corrected chi connectivity index (χ2v) is 4.79. The lowest BCUT2D eigenvalue weighted by Crippen LogP contribution is -2.38. The zero-order chi connectivity index (χ0) is 14.2. The fourth-order valence-electron chi connectivity index (χ4n) is 1.71. The average Bonchev–Trinajstić information content (AvgIpc) is 2.33. The van der Waals surface area contributed by atoms with Crippen molar-refractivity contribution in [2.24, 2.45) is 11.3 Å². The van der Waals surface area contributed by atoms with Gasteiger partial charge in [-0.3, -0.25) is 9.59 Å². The maximum atomic E-state index is 11.9. The molecule has 0 saturated carbocycles. The van der Waals surface area contributed by atoms with Crippen LogP contribution in [0.2, 0.25) is 0 Å². The van der Waals surface area contributed by atoms with Crippen LogP contribution in [0, 0.1) is 11.3 Å². The van der Waals surface area contributed by atoms with Gasteiger partial charge in [0.25, 0.3) is 0 Å².